The zero-order chi connectivity index (χ0) is 19.4. The lowest BCUT2D eigenvalue weighted by molar-refractivity contribution is 0.194. The van der Waals surface area contributed by atoms with Crippen LogP contribution in [0, 0.1) is 0 Å². The zero-order valence-electron chi connectivity index (χ0n) is 13.9. The lowest BCUT2D eigenvalue weighted by atomic mass is 10.3. The van der Waals surface area contributed by atoms with E-state index in [2.05, 4.69) is 15.4 Å². The number of nitrogens with zero attached hydrogens (tertiary/aromatic N) is 3. The van der Waals surface area contributed by atoms with Crippen LogP contribution < -0.4 is 5.32 Å². The van der Waals surface area contributed by atoms with Gasteiger partial charge in [0.05, 0.1) is 10.6 Å². The van der Waals surface area contributed by atoms with Crippen molar-refractivity contribution in [2.45, 2.75) is 16.3 Å². The van der Waals surface area contributed by atoms with E-state index in [4.69, 9.17) is 16.7 Å². The number of hydrogen-bond donors (Lipinski definition) is 2. The van der Waals surface area contributed by atoms with E-state index in [0.29, 0.717) is 11.4 Å². The van der Waals surface area contributed by atoms with E-state index in [1.54, 1.807) is 30.3 Å². The number of aromatic nitrogens is 3. The maximum absolute atomic E-state index is 13.1. The van der Waals surface area contributed by atoms with E-state index in [9.17, 15) is 13.2 Å². The van der Waals surface area contributed by atoms with E-state index < -0.39 is 15.9 Å². The predicted molar refractivity (Wildman–Crippen MR) is 98.0 cm³/mol. The Balaban J connectivity index is 2.10. The molecule has 0 aliphatic rings. The normalized spacial score (nSPS) is 11.3. The van der Waals surface area contributed by atoms with Crippen molar-refractivity contribution in [3.05, 3.63) is 65.6 Å². The highest BCUT2D eigenvalue weighted by molar-refractivity contribution is 7.91. The molecule has 27 heavy (non-hydrogen) atoms. The van der Waals surface area contributed by atoms with Gasteiger partial charge in [-0.3, -0.25) is 0 Å². The molecule has 0 saturated carbocycles. The largest absolute Gasteiger partial charge is 0.465 e. The van der Waals surface area contributed by atoms with Crippen molar-refractivity contribution >= 4 is 27.5 Å². The van der Waals surface area contributed by atoms with Crippen molar-refractivity contribution in [3.8, 4) is 5.69 Å². The van der Waals surface area contributed by atoms with Gasteiger partial charge >= 0.3 is 6.09 Å². The number of carboxylic acid groups (broad SMARTS) is 1. The quantitative estimate of drug-likeness (QED) is 0.608. The van der Waals surface area contributed by atoms with E-state index in [1.165, 1.54) is 29.1 Å². The van der Waals surface area contributed by atoms with Gasteiger partial charge in [0.1, 0.15) is 5.69 Å². The lowest BCUT2D eigenvalue weighted by Gasteiger charge is -2.09. The zero-order valence-corrected chi connectivity index (χ0v) is 15.5. The molecule has 140 valence electrons. The second-order valence-corrected chi connectivity index (χ2v) is 7.75. The fraction of sp³-hybridized carbons (Fsp3) is 0.118. The third-order valence-corrected chi connectivity index (χ3v) is 5.71. The standard InChI is InChI=1S/C17H15ClN4O4S/c18-16-14(7-4-9-19-16)22-15(11-12(21-22)8-10-20-17(23)24)27(25,26)13-5-2-1-3-6-13/h1-7,9,11,20H,8,10H2,(H,23,24). The number of rotatable bonds is 6. The molecule has 2 aromatic heterocycles. The van der Waals surface area contributed by atoms with Crippen LogP contribution in [0.3, 0.4) is 0 Å². The smallest absolute Gasteiger partial charge is 0.404 e. The van der Waals surface area contributed by atoms with Crippen molar-refractivity contribution in [2.75, 3.05) is 6.54 Å². The van der Waals surface area contributed by atoms with Crippen LogP contribution in [0.2, 0.25) is 5.15 Å². The fourth-order valence-electron chi connectivity index (χ4n) is 2.45. The highest BCUT2D eigenvalue weighted by Crippen LogP contribution is 2.27. The van der Waals surface area contributed by atoms with E-state index in [0.717, 1.165) is 0 Å². The molecule has 3 rings (SSSR count). The Hall–Kier alpha value is -2.91. The summed E-state index contributed by atoms with van der Waals surface area (Å²) < 4.78 is 27.4. The molecule has 10 heteroatoms. The summed E-state index contributed by atoms with van der Waals surface area (Å²) in [4.78, 5) is 14.7. The Morgan fingerprint density at radius 1 is 1.19 bits per heavy atom. The van der Waals surface area contributed by atoms with Gasteiger partial charge in [-0.05, 0) is 30.3 Å². The van der Waals surface area contributed by atoms with Gasteiger partial charge in [0.2, 0.25) is 9.84 Å². The van der Waals surface area contributed by atoms with Crippen molar-refractivity contribution < 1.29 is 18.3 Å². The minimum Gasteiger partial charge on any atom is -0.465 e. The summed E-state index contributed by atoms with van der Waals surface area (Å²) in [5.41, 5.74) is 0.712. The fourth-order valence-corrected chi connectivity index (χ4v) is 4.06. The molecule has 1 amide bonds. The molecular formula is C17H15ClN4O4S. The van der Waals surface area contributed by atoms with E-state index in [-0.39, 0.29) is 28.0 Å². The average molecular weight is 407 g/mol. The molecule has 0 aliphatic carbocycles. The number of nitrogens with one attached hydrogen (secondary N) is 1. The molecule has 2 heterocycles. The monoisotopic (exact) mass is 406 g/mol. The Bertz CT molecular complexity index is 1070. The van der Waals surface area contributed by atoms with Gasteiger partial charge < -0.3 is 10.4 Å². The summed E-state index contributed by atoms with van der Waals surface area (Å²) in [5, 5.41) is 15.2. The Kier molecular flexibility index (Phi) is 5.43. The number of carbonyl (C=O) groups is 1. The van der Waals surface area contributed by atoms with Gasteiger partial charge in [-0.2, -0.15) is 5.10 Å². The Morgan fingerprint density at radius 3 is 2.59 bits per heavy atom. The van der Waals surface area contributed by atoms with Crippen LogP contribution in [0.15, 0.2) is 64.6 Å². The Labute approximate surface area is 160 Å². The molecule has 3 aromatic rings. The van der Waals surface area contributed by atoms with Crippen LogP contribution in [0.1, 0.15) is 5.69 Å². The van der Waals surface area contributed by atoms with Gasteiger partial charge in [-0.25, -0.2) is 22.9 Å². The van der Waals surface area contributed by atoms with Gasteiger partial charge in [0, 0.05) is 19.2 Å². The molecule has 0 saturated heterocycles. The molecular weight excluding hydrogens is 392 g/mol. The van der Waals surface area contributed by atoms with Crippen molar-refractivity contribution in [2.24, 2.45) is 0 Å². The van der Waals surface area contributed by atoms with Gasteiger partial charge in [0.15, 0.2) is 10.2 Å². The van der Waals surface area contributed by atoms with Crippen molar-refractivity contribution in [1.82, 2.24) is 20.1 Å². The minimum atomic E-state index is -3.88. The number of pyridine rings is 1. The third kappa shape index (κ3) is 4.09. The molecule has 0 aliphatic heterocycles. The number of sulfone groups is 1. The van der Waals surface area contributed by atoms with Gasteiger partial charge in [0.25, 0.3) is 0 Å². The number of amides is 1. The van der Waals surface area contributed by atoms with Crippen LogP contribution in [0.5, 0.6) is 0 Å². The van der Waals surface area contributed by atoms with E-state index in [1.807, 2.05) is 0 Å². The minimum absolute atomic E-state index is 0.0751. The first-order chi connectivity index (χ1) is 12.9. The first-order valence-corrected chi connectivity index (χ1v) is 9.72. The lowest BCUT2D eigenvalue weighted by Crippen LogP contribution is -2.23. The van der Waals surface area contributed by atoms with Gasteiger partial charge in [-0.1, -0.05) is 29.8 Å². The van der Waals surface area contributed by atoms with E-state index >= 15 is 0 Å². The molecule has 0 spiro atoms. The van der Waals surface area contributed by atoms with Crippen molar-refractivity contribution in [1.29, 1.82) is 0 Å². The highest BCUT2D eigenvalue weighted by Gasteiger charge is 2.25. The molecule has 0 radical (unpaired) electrons. The number of halogens is 1. The molecule has 0 fully saturated rings. The topological polar surface area (TPSA) is 114 Å². The predicted octanol–water partition coefficient (Wildman–Crippen LogP) is 2.56. The van der Waals surface area contributed by atoms with Crippen LogP contribution in [-0.4, -0.2) is 40.9 Å². The highest BCUT2D eigenvalue weighted by atomic mass is 35.5. The molecule has 0 atom stereocenters. The first kappa shape index (κ1) is 18.9. The molecule has 2 N–H and O–H groups in total. The van der Waals surface area contributed by atoms with Crippen LogP contribution in [-0.2, 0) is 16.3 Å². The summed E-state index contributed by atoms with van der Waals surface area (Å²) in [6, 6.07) is 12.6. The second-order valence-electron chi connectivity index (χ2n) is 5.50. The Morgan fingerprint density at radius 2 is 1.93 bits per heavy atom. The molecule has 1 aromatic carbocycles. The number of hydrogen-bond acceptors (Lipinski definition) is 5. The van der Waals surface area contributed by atoms with Crippen LogP contribution in [0.4, 0.5) is 4.79 Å². The second kappa shape index (κ2) is 7.77. The van der Waals surface area contributed by atoms with Gasteiger partial charge in [-0.15, -0.1) is 0 Å². The van der Waals surface area contributed by atoms with Crippen molar-refractivity contribution in [3.63, 3.8) is 0 Å². The summed E-state index contributed by atoms with van der Waals surface area (Å²) in [6.45, 7) is 0.0952. The maximum atomic E-state index is 13.1. The summed E-state index contributed by atoms with van der Waals surface area (Å²) in [5.74, 6) is 0. The van der Waals surface area contributed by atoms with Crippen LogP contribution in [0.25, 0.3) is 5.69 Å². The molecule has 0 unspecified atom stereocenters. The summed E-state index contributed by atoms with van der Waals surface area (Å²) >= 11 is 6.13. The summed E-state index contributed by atoms with van der Waals surface area (Å²) in [6.07, 6.45) is 0.536. The summed E-state index contributed by atoms with van der Waals surface area (Å²) in [7, 11) is -3.88. The molecule has 8 nitrogen and oxygen atoms in total. The average Bonchev–Trinajstić information content (AvgIpc) is 3.07. The molecule has 0 bridgehead atoms. The SMILES string of the molecule is O=C(O)NCCc1cc(S(=O)(=O)c2ccccc2)n(-c2cccnc2Cl)n1. The first-order valence-electron chi connectivity index (χ1n) is 7.86. The third-order valence-electron chi connectivity index (χ3n) is 3.68. The maximum Gasteiger partial charge on any atom is 0.404 e. The number of benzene rings is 1. The van der Waals surface area contributed by atoms with Crippen LogP contribution >= 0.6 is 11.6 Å².